The third-order valence-electron chi connectivity index (χ3n) is 5.16. The number of nitrogens with zero attached hydrogens (tertiary/aromatic N) is 5. The van der Waals surface area contributed by atoms with Gasteiger partial charge in [-0.1, -0.05) is 0 Å². The van der Waals surface area contributed by atoms with Gasteiger partial charge >= 0.3 is 0 Å². The number of piperazine rings is 1. The van der Waals surface area contributed by atoms with E-state index in [-0.39, 0.29) is 24.3 Å². The van der Waals surface area contributed by atoms with Crippen molar-refractivity contribution in [2.45, 2.75) is 52.2 Å². The van der Waals surface area contributed by atoms with Crippen LogP contribution in [0.15, 0.2) is 12.3 Å². The van der Waals surface area contributed by atoms with E-state index in [9.17, 15) is 14.4 Å². The van der Waals surface area contributed by atoms with E-state index in [0.717, 1.165) is 25.2 Å². The number of hydrogen-bond acceptors (Lipinski definition) is 4. The molecule has 1 atom stereocenters. The molecule has 0 N–H and O–H groups in total. The van der Waals surface area contributed by atoms with Crippen LogP contribution in [0.2, 0.25) is 0 Å². The van der Waals surface area contributed by atoms with Crippen LogP contribution in [0.1, 0.15) is 38.8 Å². The van der Waals surface area contributed by atoms with Crippen molar-refractivity contribution in [3.05, 3.63) is 18.0 Å². The number of amides is 3. The van der Waals surface area contributed by atoms with Crippen molar-refractivity contribution in [3.63, 3.8) is 0 Å². The Bertz CT molecular complexity index is 686. The number of rotatable bonds is 7. The van der Waals surface area contributed by atoms with Crippen LogP contribution in [0.25, 0.3) is 0 Å². The largest absolute Gasteiger partial charge is 0.343 e. The van der Waals surface area contributed by atoms with Crippen LogP contribution in [0.5, 0.6) is 0 Å². The smallest absolute Gasteiger partial charge is 0.245 e. The van der Waals surface area contributed by atoms with Gasteiger partial charge in [0.25, 0.3) is 0 Å². The molecule has 142 valence electrons. The highest BCUT2D eigenvalue weighted by atomic mass is 16.2. The lowest BCUT2D eigenvalue weighted by molar-refractivity contribution is -0.155. The lowest BCUT2D eigenvalue weighted by atomic mass is 10.1. The second-order valence-electron chi connectivity index (χ2n) is 6.96. The molecule has 0 bridgehead atoms. The second kappa shape index (κ2) is 7.88. The van der Waals surface area contributed by atoms with Crippen LogP contribution >= 0.6 is 0 Å². The molecular formula is C18H27N5O3. The molecule has 0 aromatic carbocycles. The summed E-state index contributed by atoms with van der Waals surface area (Å²) in [4.78, 5) is 41.9. The normalized spacial score (nSPS) is 21.2. The van der Waals surface area contributed by atoms with Crippen molar-refractivity contribution in [1.29, 1.82) is 0 Å². The summed E-state index contributed by atoms with van der Waals surface area (Å²) in [5.74, 6) is 0.102. The number of likely N-dealkylation sites (tertiary alicyclic amines) is 1. The maximum atomic E-state index is 12.7. The molecular weight excluding hydrogens is 334 g/mol. The van der Waals surface area contributed by atoms with Gasteiger partial charge in [-0.15, -0.1) is 0 Å². The third kappa shape index (κ3) is 3.89. The van der Waals surface area contributed by atoms with Crippen molar-refractivity contribution in [2.75, 3.05) is 26.2 Å². The molecule has 2 aliphatic heterocycles. The fourth-order valence-electron chi connectivity index (χ4n) is 3.59. The first kappa shape index (κ1) is 18.4. The van der Waals surface area contributed by atoms with Gasteiger partial charge in [0.05, 0.1) is 18.8 Å². The quantitative estimate of drug-likeness (QED) is 0.707. The van der Waals surface area contributed by atoms with Gasteiger partial charge in [-0.05, 0) is 32.8 Å². The Balaban J connectivity index is 1.53. The van der Waals surface area contributed by atoms with Gasteiger partial charge in [0.15, 0.2) is 0 Å². The molecule has 1 aromatic rings. The van der Waals surface area contributed by atoms with Crippen molar-refractivity contribution in [1.82, 2.24) is 24.5 Å². The Labute approximate surface area is 153 Å². The minimum atomic E-state index is -0.489. The molecule has 1 aromatic heterocycles. The molecule has 0 saturated carbocycles. The summed E-state index contributed by atoms with van der Waals surface area (Å²) in [5.41, 5.74) is 0.792. The van der Waals surface area contributed by atoms with Gasteiger partial charge in [-0.3, -0.25) is 19.1 Å². The first-order valence-electron chi connectivity index (χ1n) is 9.38. The molecule has 3 rings (SSSR count). The highest BCUT2D eigenvalue weighted by Gasteiger charge is 2.36. The van der Waals surface area contributed by atoms with Gasteiger partial charge < -0.3 is 14.7 Å². The lowest BCUT2D eigenvalue weighted by Gasteiger charge is -2.38. The molecule has 0 spiro atoms. The number of carbonyl (C=O) groups is 3. The maximum absolute atomic E-state index is 12.7. The van der Waals surface area contributed by atoms with Crippen LogP contribution in [0.3, 0.4) is 0 Å². The summed E-state index contributed by atoms with van der Waals surface area (Å²) < 4.78 is 1.81. The van der Waals surface area contributed by atoms with Crippen molar-refractivity contribution >= 4 is 17.7 Å². The molecule has 2 saturated heterocycles. The molecule has 0 radical (unpaired) electrons. The van der Waals surface area contributed by atoms with Gasteiger partial charge in [-0.2, -0.15) is 5.10 Å². The van der Waals surface area contributed by atoms with Crippen LogP contribution in [0.4, 0.5) is 0 Å². The highest BCUT2D eigenvalue weighted by Crippen LogP contribution is 2.17. The van der Waals surface area contributed by atoms with Crippen molar-refractivity contribution in [2.24, 2.45) is 0 Å². The number of aromatic nitrogens is 2. The second-order valence-corrected chi connectivity index (χ2v) is 6.96. The summed E-state index contributed by atoms with van der Waals surface area (Å²) in [6.07, 6.45) is 4.13. The topological polar surface area (TPSA) is 78.8 Å². The Hall–Kier alpha value is -2.38. The van der Waals surface area contributed by atoms with Crippen LogP contribution in [0, 0.1) is 0 Å². The third-order valence-corrected chi connectivity index (χ3v) is 5.16. The van der Waals surface area contributed by atoms with E-state index in [1.165, 1.54) is 0 Å². The number of hydrogen-bond donors (Lipinski definition) is 0. The summed E-state index contributed by atoms with van der Waals surface area (Å²) in [5, 5.41) is 4.40. The maximum Gasteiger partial charge on any atom is 0.245 e. The summed E-state index contributed by atoms with van der Waals surface area (Å²) in [7, 11) is 0. The zero-order valence-corrected chi connectivity index (χ0v) is 15.6. The fraction of sp³-hybridized carbons (Fsp3) is 0.667. The number of carbonyl (C=O) groups excluding carboxylic acids is 3. The van der Waals surface area contributed by atoms with Gasteiger partial charge in [0.1, 0.15) is 6.04 Å². The first-order chi connectivity index (χ1) is 12.5. The van der Waals surface area contributed by atoms with Crippen molar-refractivity contribution < 1.29 is 14.4 Å². The van der Waals surface area contributed by atoms with Crippen LogP contribution in [-0.2, 0) is 27.5 Å². The molecule has 2 fully saturated rings. The van der Waals surface area contributed by atoms with E-state index >= 15 is 0 Å². The van der Waals surface area contributed by atoms with E-state index in [4.69, 9.17) is 0 Å². The van der Waals surface area contributed by atoms with E-state index in [1.54, 1.807) is 16.7 Å². The van der Waals surface area contributed by atoms with Crippen LogP contribution < -0.4 is 0 Å². The van der Waals surface area contributed by atoms with E-state index < -0.39 is 6.04 Å². The Morgan fingerprint density at radius 3 is 2.58 bits per heavy atom. The predicted molar refractivity (Wildman–Crippen MR) is 94.9 cm³/mol. The molecule has 3 amide bonds. The summed E-state index contributed by atoms with van der Waals surface area (Å²) in [6, 6.07) is 1.39. The van der Waals surface area contributed by atoms with Crippen LogP contribution in [-0.4, -0.2) is 74.4 Å². The minimum Gasteiger partial charge on any atom is -0.343 e. The van der Waals surface area contributed by atoms with E-state index in [2.05, 4.69) is 5.10 Å². The first-order valence-corrected chi connectivity index (χ1v) is 9.38. The van der Waals surface area contributed by atoms with Gasteiger partial charge in [-0.25, -0.2) is 0 Å². The zero-order valence-electron chi connectivity index (χ0n) is 15.6. The predicted octanol–water partition coefficient (Wildman–Crippen LogP) is 0.475. The Morgan fingerprint density at radius 2 is 1.92 bits per heavy atom. The molecule has 8 heteroatoms. The molecule has 0 aliphatic carbocycles. The highest BCUT2D eigenvalue weighted by molar-refractivity contribution is 5.94. The standard InChI is InChI=1S/C18H27N5O3/c1-3-22-11-7-15(19-22)12-23-14(2)18(26)21(13-17(23)25)10-5-9-20-8-4-6-16(20)24/h7,11,14H,3-6,8-10,12-13H2,1-2H3/t14-/m0/s1. The van der Waals surface area contributed by atoms with E-state index in [0.29, 0.717) is 32.5 Å². The minimum absolute atomic E-state index is 0.0349. The lowest BCUT2D eigenvalue weighted by Crippen LogP contribution is -2.58. The fourth-order valence-corrected chi connectivity index (χ4v) is 3.59. The van der Waals surface area contributed by atoms with E-state index in [1.807, 2.05) is 28.8 Å². The van der Waals surface area contributed by atoms with Crippen molar-refractivity contribution in [3.8, 4) is 0 Å². The van der Waals surface area contributed by atoms with Gasteiger partial charge in [0, 0.05) is 38.8 Å². The summed E-state index contributed by atoms with van der Waals surface area (Å²) >= 11 is 0. The molecule has 3 heterocycles. The average Bonchev–Trinajstić information content (AvgIpc) is 3.25. The molecule has 8 nitrogen and oxygen atoms in total. The Kier molecular flexibility index (Phi) is 5.58. The summed E-state index contributed by atoms with van der Waals surface area (Å²) in [6.45, 7) is 6.98. The SMILES string of the molecule is CCn1ccc(CN2C(=O)CN(CCCN3CCCC3=O)C(=O)[C@@H]2C)n1. The Morgan fingerprint density at radius 1 is 1.15 bits per heavy atom. The van der Waals surface area contributed by atoms with Gasteiger partial charge in [0.2, 0.25) is 17.7 Å². The zero-order chi connectivity index (χ0) is 18.7. The molecule has 26 heavy (non-hydrogen) atoms. The molecule has 0 unspecified atom stereocenters. The molecule has 2 aliphatic rings. The number of aryl methyl sites for hydroxylation is 1. The monoisotopic (exact) mass is 361 g/mol. The average molecular weight is 361 g/mol.